The zero-order valence-corrected chi connectivity index (χ0v) is 10.2. The molecule has 3 aromatic rings. The molecule has 0 spiro atoms. The number of hydrogen-bond donors (Lipinski definition) is 1. The first-order chi connectivity index (χ1) is 9.68. The Bertz CT molecular complexity index is 809. The smallest absolute Gasteiger partial charge is 0.337 e. The predicted molar refractivity (Wildman–Crippen MR) is 70.7 cm³/mol. The number of carboxylic acid groups (broad SMARTS) is 1. The number of carbonyl (C=O) groups is 2. The van der Waals surface area contributed by atoms with Crippen molar-refractivity contribution in [2.24, 2.45) is 0 Å². The molecule has 0 fully saturated rings. The number of hydrogen-bond acceptors (Lipinski definition) is 4. The molecule has 2 heterocycles. The second-order valence-electron chi connectivity index (χ2n) is 4.13. The summed E-state index contributed by atoms with van der Waals surface area (Å²) in [5.74, 6) is -1.49. The second kappa shape index (κ2) is 4.58. The maximum Gasteiger partial charge on any atom is 0.337 e. The summed E-state index contributed by atoms with van der Waals surface area (Å²) in [5.41, 5.74) is 0.767. The van der Waals surface area contributed by atoms with Gasteiger partial charge in [0.15, 0.2) is 0 Å². The Morgan fingerprint density at radius 1 is 1.15 bits per heavy atom. The molecule has 1 aromatic carbocycles. The van der Waals surface area contributed by atoms with Crippen LogP contribution in [0.3, 0.4) is 0 Å². The molecule has 0 atom stereocenters. The molecule has 0 unspecified atom stereocenters. The molecular formula is C14H9N3O3. The van der Waals surface area contributed by atoms with Crippen molar-refractivity contribution >= 4 is 22.8 Å². The van der Waals surface area contributed by atoms with Crippen LogP contribution in [-0.2, 0) is 0 Å². The van der Waals surface area contributed by atoms with Crippen molar-refractivity contribution in [3.8, 4) is 0 Å². The Labute approximate surface area is 113 Å². The number of benzene rings is 1. The highest BCUT2D eigenvalue weighted by molar-refractivity contribution is 6.08. The summed E-state index contributed by atoms with van der Waals surface area (Å²) in [6, 6.07) is 6.83. The van der Waals surface area contributed by atoms with Crippen molar-refractivity contribution in [2.75, 3.05) is 0 Å². The van der Waals surface area contributed by atoms with Crippen LogP contribution in [0.2, 0.25) is 0 Å². The number of fused-ring (bicyclic) bond motifs is 1. The lowest BCUT2D eigenvalue weighted by Crippen LogP contribution is -2.12. The van der Waals surface area contributed by atoms with Crippen molar-refractivity contribution in [1.29, 1.82) is 0 Å². The number of aromatic carboxylic acids is 1. The largest absolute Gasteiger partial charge is 0.478 e. The van der Waals surface area contributed by atoms with Crippen LogP contribution >= 0.6 is 0 Å². The minimum absolute atomic E-state index is 0.0813. The van der Waals surface area contributed by atoms with Crippen LogP contribution in [0.5, 0.6) is 0 Å². The summed E-state index contributed by atoms with van der Waals surface area (Å²) in [6.45, 7) is 0. The third-order valence-electron chi connectivity index (χ3n) is 2.94. The van der Waals surface area contributed by atoms with Crippen LogP contribution in [0, 0.1) is 0 Å². The summed E-state index contributed by atoms with van der Waals surface area (Å²) in [5, 5.41) is 9.71. The summed E-state index contributed by atoms with van der Waals surface area (Å²) in [6.07, 6.45) is 5.53. The molecule has 0 radical (unpaired) electrons. The quantitative estimate of drug-likeness (QED) is 0.765. The van der Waals surface area contributed by atoms with E-state index < -0.39 is 11.9 Å². The first-order valence-corrected chi connectivity index (χ1v) is 5.82. The average molecular weight is 267 g/mol. The van der Waals surface area contributed by atoms with Crippen LogP contribution in [0.1, 0.15) is 20.8 Å². The Morgan fingerprint density at radius 3 is 2.65 bits per heavy atom. The summed E-state index contributed by atoms with van der Waals surface area (Å²) in [7, 11) is 0. The number of carbonyl (C=O) groups excluding carboxylic acids is 1. The molecule has 0 amide bonds. The van der Waals surface area contributed by atoms with Gasteiger partial charge in [0.2, 0.25) is 0 Å². The van der Waals surface area contributed by atoms with Crippen molar-refractivity contribution < 1.29 is 14.7 Å². The molecule has 0 saturated heterocycles. The van der Waals surface area contributed by atoms with E-state index in [0.29, 0.717) is 10.9 Å². The first-order valence-electron chi connectivity index (χ1n) is 5.82. The number of carboxylic acids is 1. The topological polar surface area (TPSA) is 85.1 Å². The molecule has 0 bridgehead atoms. The SMILES string of the molecule is O=C(O)c1cn(C(=O)c2cnccn2)c2ccccc12. The van der Waals surface area contributed by atoms with Crippen LogP contribution in [-0.4, -0.2) is 31.5 Å². The first kappa shape index (κ1) is 12.0. The maximum atomic E-state index is 12.4. The molecule has 2 aromatic heterocycles. The predicted octanol–water partition coefficient (Wildman–Crippen LogP) is 1.82. The lowest BCUT2D eigenvalue weighted by molar-refractivity contribution is 0.0699. The summed E-state index contributed by atoms with van der Waals surface area (Å²) < 4.78 is 1.28. The van der Waals surface area contributed by atoms with Crippen molar-refractivity contribution in [3.63, 3.8) is 0 Å². The molecule has 0 aliphatic heterocycles. The van der Waals surface area contributed by atoms with Crippen molar-refractivity contribution in [3.05, 3.63) is 60.3 Å². The molecule has 6 heteroatoms. The molecule has 3 rings (SSSR count). The number of nitrogens with zero attached hydrogens (tertiary/aromatic N) is 3. The van der Waals surface area contributed by atoms with E-state index in [2.05, 4.69) is 9.97 Å². The van der Waals surface area contributed by atoms with Gasteiger partial charge in [0.1, 0.15) is 5.69 Å². The number of aromatic nitrogens is 3. The minimum atomic E-state index is -1.08. The third-order valence-corrected chi connectivity index (χ3v) is 2.94. The van der Waals surface area contributed by atoms with Gasteiger partial charge in [-0.3, -0.25) is 14.3 Å². The molecule has 0 saturated carbocycles. The highest BCUT2D eigenvalue weighted by Gasteiger charge is 2.19. The van der Waals surface area contributed by atoms with Gasteiger partial charge in [-0.15, -0.1) is 0 Å². The Balaban J connectivity index is 2.22. The fourth-order valence-electron chi connectivity index (χ4n) is 2.05. The van der Waals surface area contributed by atoms with Gasteiger partial charge in [-0.05, 0) is 6.07 Å². The standard InChI is InChI=1S/C14H9N3O3/c18-13(11-7-15-5-6-16-11)17-8-10(14(19)20)9-3-1-2-4-12(9)17/h1-8H,(H,19,20). The Morgan fingerprint density at radius 2 is 1.95 bits per heavy atom. The maximum absolute atomic E-state index is 12.4. The van der Waals surface area contributed by atoms with Gasteiger partial charge in [-0.2, -0.15) is 0 Å². The van der Waals surface area contributed by atoms with Gasteiger partial charge in [-0.25, -0.2) is 9.78 Å². The average Bonchev–Trinajstić information content (AvgIpc) is 2.87. The number of para-hydroxylation sites is 1. The van der Waals surface area contributed by atoms with Crippen LogP contribution in [0.25, 0.3) is 10.9 Å². The van der Waals surface area contributed by atoms with E-state index in [9.17, 15) is 14.7 Å². The summed E-state index contributed by atoms with van der Waals surface area (Å²) >= 11 is 0. The Kier molecular flexibility index (Phi) is 2.76. The third kappa shape index (κ3) is 1.83. The minimum Gasteiger partial charge on any atom is -0.478 e. The van der Waals surface area contributed by atoms with E-state index in [0.717, 1.165) is 0 Å². The van der Waals surface area contributed by atoms with E-state index in [1.54, 1.807) is 24.3 Å². The molecule has 98 valence electrons. The van der Waals surface area contributed by atoms with E-state index in [1.165, 1.54) is 29.4 Å². The van der Waals surface area contributed by atoms with Gasteiger partial charge < -0.3 is 5.11 Å². The van der Waals surface area contributed by atoms with Gasteiger partial charge >= 0.3 is 5.97 Å². The molecule has 1 N–H and O–H groups in total. The van der Waals surface area contributed by atoms with Crippen molar-refractivity contribution in [1.82, 2.24) is 14.5 Å². The molecule has 20 heavy (non-hydrogen) atoms. The fraction of sp³-hybridized carbons (Fsp3) is 0. The molecule has 0 aliphatic carbocycles. The monoisotopic (exact) mass is 267 g/mol. The Hall–Kier alpha value is -3.02. The normalized spacial score (nSPS) is 10.6. The number of rotatable bonds is 2. The lowest BCUT2D eigenvalue weighted by Gasteiger charge is -2.02. The second-order valence-corrected chi connectivity index (χ2v) is 4.13. The van der Waals surface area contributed by atoms with Crippen LogP contribution in [0.4, 0.5) is 0 Å². The van der Waals surface area contributed by atoms with Crippen LogP contribution < -0.4 is 0 Å². The molecule has 6 nitrogen and oxygen atoms in total. The molecular weight excluding hydrogens is 258 g/mol. The zero-order chi connectivity index (χ0) is 14.1. The van der Waals surface area contributed by atoms with Gasteiger partial charge in [0.05, 0.1) is 17.3 Å². The highest BCUT2D eigenvalue weighted by Crippen LogP contribution is 2.22. The van der Waals surface area contributed by atoms with E-state index in [1.807, 2.05) is 0 Å². The summed E-state index contributed by atoms with van der Waals surface area (Å²) in [4.78, 5) is 31.4. The highest BCUT2D eigenvalue weighted by atomic mass is 16.4. The van der Waals surface area contributed by atoms with Gasteiger partial charge in [0.25, 0.3) is 5.91 Å². The fourth-order valence-corrected chi connectivity index (χ4v) is 2.05. The molecule has 0 aliphatic rings. The van der Waals surface area contributed by atoms with E-state index in [4.69, 9.17) is 0 Å². The lowest BCUT2D eigenvalue weighted by atomic mass is 10.2. The van der Waals surface area contributed by atoms with Gasteiger partial charge in [-0.1, -0.05) is 18.2 Å². The van der Waals surface area contributed by atoms with E-state index in [-0.39, 0.29) is 11.3 Å². The van der Waals surface area contributed by atoms with Crippen molar-refractivity contribution in [2.45, 2.75) is 0 Å². The van der Waals surface area contributed by atoms with E-state index >= 15 is 0 Å². The zero-order valence-electron chi connectivity index (χ0n) is 10.2. The van der Waals surface area contributed by atoms with Gasteiger partial charge in [0, 0.05) is 24.0 Å². The van der Waals surface area contributed by atoms with Crippen LogP contribution in [0.15, 0.2) is 49.1 Å².